The molecule has 0 aromatic heterocycles. The van der Waals surface area contributed by atoms with Crippen molar-refractivity contribution in [2.75, 3.05) is 12.4 Å². The summed E-state index contributed by atoms with van der Waals surface area (Å²) in [5.74, 6) is -2.89. The zero-order valence-corrected chi connectivity index (χ0v) is 10.3. The van der Waals surface area contributed by atoms with E-state index in [1.807, 2.05) is 5.32 Å². The SMILES string of the molecule is COc1cc(NC(=O)NC(=O)/C=C/C(=O)O)ccc1F. The molecule has 3 amide bonds. The van der Waals surface area contributed by atoms with Crippen molar-refractivity contribution < 1.29 is 28.6 Å². The molecule has 0 bridgehead atoms. The lowest BCUT2D eigenvalue weighted by atomic mass is 10.3. The van der Waals surface area contributed by atoms with Gasteiger partial charge in [-0.2, -0.15) is 0 Å². The zero-order valence-electron chi connectivity index (χ0n) is 10.3. The van der Waals surface area contributed by atoms with Gasteiger partial charge in [0.1, 0.15) is 0 Å². The Balaban J connectivity index is 2.62. The Morgan fingerprint density at radius 2 is 2.00 bits per heavy atom. The molecule has 0 saturated heterocycles. The average molecular weight is 282 g/mol. The van der Waals surface area contributed by atoms with Crippen LogP contribution in [0, 0.1) is 5.82 Å². The van der Waals surface area contributed by atoms with Crippen LogP contribution in [0.5, 0.6) is 5.75 Å². The summed E-state index contributed by atoms with van der Waals surface area (Å²) in [5, 5.41) is 12.4. The highest BCUT2D eigenvalue weighted by atomic mass is 19.1. The first-order chi connectivity index (χ1) is 9.42. The van der Waals surface area contributed by atoms with Crippen molar-refractivity contribution >= 4 is 23.6 Å². The molecule has 0 unspecified atom stereocenters. The number of rotatable bonds is 4. The molecule has 106 valence electrons. The van der Waals surface area contributed by atoms with Gasteiger partial charge in [-0.15, -0.1) is 0 Å². The monoisotopic (exact) mass is 282 g/mol. The first-order valence-electron chi connectivity index (χ1n) is 5.29. The van der Waals surface area contributed by atoms with Crippen LogP contribution in [-0.2, 0) is 9.59 Å². The Hall–Kier alpha value is -2.90. The number of carbonyl (C=O) groups is 3. The molecule has 0 aliphatic carbocycles. The van der Waals surface area contributed by atoms with E-state index in [0.717, 1.165) is 6.07 Å². The van der Waals surface area contributed by atoms with Crippen molar-refractivity contribution in [3.63, 3.8) is 0 Å². The smallest absolute Gasteiger partial charge is 0.328 e. The van der Waals surface area contributed by atoms with Gasteiger partial charge in [0.25, 0.3) is 5.91 Å². The van der Waals surface area contributed by atoms with Crippen LogP contribution in [0.1, 0.15) is 0 Å². The largest absolute Gasteiger partial charge is 0.494 e. The van der Waals surface area contributed by atoms with Crippen LogP contribution in [0.4, 0.5) is 14.9 Å². The third kappa shape index (κ3) is 4.77. The third-order valence-corrected chi connectivity index (χ3v) is 2.02. The summed E-state index contributed by atoms with van der Waals surface area (Å²) in [5.41, 5.74) is 0.204. The van der Waals surface area contributed by atoms with E-state index in [1.54, 1.807) is 0 Å². The summed E-state index contributed by atoms with van der Waals surface area (Å²) < 4.78 is 17.8. The van der Waals surface area contributed by atoms with Gasteiger partial charge in [0.05, 0.1) is 7.11 Å². The summed E-state index contributed by atoms with van der Waals surface area (Å²) in [6.45, 7) is 0. The fourth-order valence-electron chi connectivity index (χ4n) is 1.20. The number of carboxylic acid groups (broad SMARTS) is 1. The van der Waals surface area contributed by atoms with Crippen LogP contribution in [0.2, 0.25) is 0 Å². The number of anilines is 1. The second-order valence-corrected chi connectivity index (χ2v) is 3.46. The number of ether oxygens (including phenoxy) is 1. The minimum atomic E-state index is -1.32. The molecule has 1 aromatic carbocycles. The lowest BCUT2D eigenvalue weighted by molar-refractivity contribution is -0.131. The summed E-state index contributed by atoms with van der Waals surface area (Å²) in [7, 11) is 1.27. The number of amides is 3. The van der Waals surface area contributed by atoms with Crippen LogP contribution in [-0.4, -0.2) is 30.1 Å². The Morgan fingerprint density at radius 3 is 2.60 bits per heavy atom. The highest BCUT2D eigenvalue weighted by Crippen LogP contribution is 2.21. The maximum Gasteiger partial charge on any atom is 0.328 e. The highest BCUT2D eigenvalue weighted by molar-refractivity contribution is 6.06. The Kier molecular flexibility index (Phi) is 5.21. The number of hydrogen-bond donors (Lipinski definition) is 3. The van der Waals surface area contributed by atoms with Crippen molar-refractivity contribution in [1.29, 1.82) is 0 Å². The molecule has 1 rings (SSSR count). The van der Waals surface area contributed by atoms with Crippen LogP contribution in [0.25, 0.3) is 0 Å². The Morgan fingerprint density at radius 1 is 1.30 bits per heavy atom. The van der Waals surface area contributed by atoms with Gasteiger partial charge < -0.3 is 15.2 Å². The van der Waals surface area contributed by atoms with Crippen molar-refractivity contribution in [3.8, 4) is 5.75 Å². The number of nitrogens with one attached hydrogen (secondary N) is 2. The predicted octanol–water partition coefficient (Wildman–Crippen LogP) is 1.12. The highest BCUT2D eigenvalue weighted by Gasteiger charge is 2.08. The van der Waals surface area contributed by atoms with E-state index in [0.29, 0.717) is 12.2 Å². The number of urea groups is 1. The molecule has 0 spiro atoms. The molecule has 0 radical (unpaired) electrons. The van der Waals surface area contributed by atoms with Gasteiger partial charge in [-0.3, -0.25) is 10.1 Å². The van der Waals surface area contributed by atoms with E-state index in [4.69, 9.17) is 9.84 Å². The molecular formula is C12H11FN2O5. The Labute approximate surface area is 113 Å². The number of benzene rings is 1. The van der Waals surface area contributed by atoms with Crippen molar-refractivity contribution in [2.45, 2.75) is 0 Å². The van der Waals surface area contributed by atoms with Crippen molar-refractivity contribution in [3.05, 3.63) is 36.2 Å². The molecule has 0 saturated carbocycles. The summed E-state index contributed by atoms with van der Waals surface area (Å²) in [6, 6.07) is 2.70. The topological polar surface area (TPSA) is 105 Å². The molecule has 1 aromatic rings. The minimum absolute atomic E-state index is 0.0695. The zero-order chi connectivity index (χ0) is 15.1. The fourth-order valence-corrected chi connectivity index (χ4v) is 1.20. The molecule has 0 fully saturated rings. The number of methoxy groups -OCH3 is 1. The fraction of sp³-hybridized carbons (Fsp3) is 0.0833. The van der Waals surface area contributed by atoms with Gasteiger partial charge in [0.15, 0.2) is 11.6 Å². The molecule has 0 aliphatic rings. The summed E-state index contributed by atoms with van der Waals surface area (Å²) in [4.78, 5) is 32.7. The molecule has 0 aliphatic heterocycles. The number of halogens is 1. The standard InChI is InChI=1S/C12H11FN2O5/c1-20-9-6-7(2-3-8(9)13)14-12(19)15-10(16)4-5-11(17)18/h2-6H,1H3,(H,17,18)(H2,14,15,16,19)/b5-4+. The van der Waals surface area contributed by atoms with E-state index >= 15 is 0 Å². The van der Waals surface area contributed by atoms with Gasteiger partial charge in [-0.1, -0.05) is 0 Å². The second kappa shape index (κ2) is 6.88. The van der Waals surface area contributed by atoms with Gasteiger partial charge in [0.2, 0.25) is 0 Å². The molecular weight excluding hydrogens is 271 g/mol. The maximum absolute atomic E-state index is 13.1. The second-order valence-electron chi connectivity index (χ2n) is 3.46. The van der Waals surface area contributed by atoms with E-state index in [2.05, 4.69) is 5.32 Å². The number of hydrogen-bond acceptors (Lipinski definition) is 4. The van der Waals surface area contributed by atoms with E-state index in [1.165, 1.54) is 19.2 Å². The van der Waals surface area contributed by atoms with E-state index in [-0.39, 0.29) is 11.4 Å². The van der Waals surface area contributed by atoms with Crippen LogP contribution in [0.3, 0.4) is 0 Å². The number of aliphatic carboxylic acids is 1. The average Bonchev–Trinajstić information content (AvgIpc) is 2.38. The molecule has 0 atom stereocenters. The molecule has 3 N–H and O–H groups in total. The van der Waals surface area contributed by atoms with Gasteiger partial charge >= 0.3 is 12.0 Å². The minimum Gasteiger partial charge on any atom is -0.494 e. The van der Waals surface area contributed by atoms with Gasteiger partial charge in [0, 0.05) is 23.9 Å². The first-order valence-corrected chi connectivity index (χ1v) is 5.29. The molecule has 7 nitrogen and oxygen atoms in total. The predicted molar refractivity (Wildman–Crippen MR) is 66.9 cm³/mol. The van der Waals surface area contributed by atoms with E-state index in [9.17, 15) is 18.8 Å². The molecule has 20 heavy (non-hydrogen) atoms. The van der Waals surface area contributed by atoms with Crippen LogP contribution >= 0.6 is 0 Å². The maximum atomic E-state index is 13.1. The summed E-state index contributed by atoms with van der Waals surface area (Å²) >= 11 is 0. The molecule has 0 heterocycles. The van der Waals surface area contributed by atoms with Crippen LogP contribution in [0.15, 0.2) is 30.4 Å². The number of carboxylic acids is 1. The lowest BCUT2D eigenvalue weighted by Crippen LogP contribution is -2.33. The van der Waals surface area contributed by atoms with Crippen molar-refractivity contribution in [1.82, 2.24) is 5.32 Å². The quantitative estimate of drug-likeness (QED) is 0.718. The van der Waals surface area contributed by atoms with Crippen molar-refractivity contribution in [2.24, 2.45) is 0 Å². The van der Waals surface area contributed by atoms with Crippen LogP contribution < -0.4 is 15.4 Å². The van der Waals surface area contributed by atoms with Gasteiger partial charge in [-0.05, 0) is 12.1 Å². The number of imide groups is 1. The van der Waals surface area contributed by atoms with E-state index < -0.39 is 23.7 Å². The summed E-state index contributed by atoms with van der Waals surface area (Å²) in [6.07, 6.45) is 1.27. The third-order valence-electron chi connectivity index (χ3n) is 2.02. The Bertz CT molecular complexity index is 571. The van der Waals surface area contributed by atoms with Gasteiger partial charge in [-0.25, -0.2) is 14.0 Å². The lowest BCUT2D eigenvalue weighted by Gasteiger charge is -2.07. The number of carbonyl (C=O) groups excluding carboxylic acids is 2. The normalized spacial score (nSPS) is 10.1. The first kappa shape index (κ1) is 15.2. The molecule has 8 heteroatoms.